The Kier molecular flexibility index (Phi) is 7.42. The van der Waals surface area contributed by atoms with Gasteiger partial charge >= 0.3 is 0 Å². The molecule has 3 heterocycles. The molecule has 11 rings (SSSR count). The van der Waals surface area contributed by atoms with Gasteiger partial charge in [-0.3, -0.25) is 0 Å². The lowest BCUT2D eigenvalue weighted by molar-refractivity contribution is 0.668. The van der Waals surface area contributed by atoms with Crippen LogP contribution in [-0.4, -0.2) is 15.0 Å². The monoisotopic (exact) mass is 717 g/mol. The second-order valence-corrected chi connectivity index (χ2v) is 14.0. The van der Waals surface area contributed by atoms with Crippen molar-refractivity contribution in [1.82, 2.24) is 15.0 Å². The second-order valence-electron chi connectivity index (χ2n) is 14.0. The first-order valence-corrected chi connectivity index (χ1v) is 18.7. The Balaban J connectivity index is 0.964. The van der Waals surface area contributed by atoms with E-state index in [1.54, 1.807) is 0 Å². The highest BCUT2D eigenvalue weighted by atomic mass is 16.3. The van der Waals surface area contributed by atoms with Gasteiger partial charge in [0.2, 0.25) is 0 Å². The summed E-state index contributed by atoms with van der Waals surface area (Å²) in [5.74, 6) is 1.81. The van der Waals surface area contributed by atoms with Crippen LogP contribution in [0.2, 0.25) is 0 Å². The van der Waals surface area contributed by atoms with E-state index in [0.29, 0.717) is 17.5 Å². The number of rotatable bonds is 6. The molecule has 5 heteroatoms. The molecule has 0 radical (unpaired) electrons. The highest BCUT2D eigenvalue weighted by Crippen LogP contribution is 2.39. The third-order valence-corrected chi connectivity index (χ3v) is 10.6. The Labute approximate surface area is 322 Å². The van der Waals surface area contributed by atoms with Gasteiger partial charge in [0.05, 0.1) is 0 Å². The maximum absolute atomic E-state index is 6.54. The maximum atomic E-state index is 6.54. The average Bonchev–Trinajstić information content (AvgIpc) is 3.85. The van der Waals surface area contributed by atoms with Crippen LogP contribution in [0.1, 0.15) is 0 Å². The number of para-hydroxylation sites is 1. The Bertz CT molecular complexity index is 3220. The van der Waals surface area contributed by atoms with Gasteiger partial charge in [-0.1, -0.05) is 152 Å². The van der Waals surface area contributed by atoms with E-state index in [4.69, 9.17) is 23.8 Å². The SMILES string of the molecule is c1ccc(-c2ccc(-c3nc(-c4ccccc4)nc(-c4ccc5c(c4)oc4cccc(-c6ccc(-c7ccc8oc9ccccc9c8c7)cc6)c45)n3)cc2)cc1. The molecule has 0 spiro atoms. The highest BCUT2D eigenvalue weighted by Gasteiger charge is 2.17. The van der Waals surface area contributed by atoms with Crippen LogP contribution in [0.4, 0.5) is 0 Å². The minimum atomic E-state index is 0.584. The van der Waals surface area contributed by atoms with Crippen molar-refractivity contribution in [2.45, 2.75) is 0 Å². The molecular weight excluding hydrogens is 687 g/mol. The molecule has 0 atom stereocenters. The van der Waals surface area contributed by atoms with Gasteiger partial charge in [-0.15, -0.1) is 0 Å². The van der Waals surface area contributed by atoms with Crippen LogP contribution in [0.25, 0.3) is 111 Å². The van der Waals surface area contributed by atoms with Gasteiger partial charge in [-0.25, -0.2) is 15.0 Å². The van der Waals surface area contributed by atoms with Crippen molar-refractivity contribution in [2.24, 2.45) is 0 Å². The van der Waals surface area contributed by atoms with Gasteiger partial charge in [0.25, 0.3) is 0 Å². The zero-order chi connectivity index (χ0) is 37.0. The van der Waals surface area contributed by atoms with Crippen molar-refractivity contribution in [3.05, 3.63) is 188 Å². The number of fused-ring (bicyclic) bond motifs is 6. The van der Waals surface area contributed by atoms with Crippen LogP contribution in [0.3, 0.4) is 0 Å². The summed E-state index contributed by atoms with van der Waals surface area (Å²) in [7, 11) is 0. The minimum absolute atomic E-state index is 0.584. The summed E-state index contributed by atoms with van der Waals surface area (Å²) in [5.41, 5.74) is 12.9. The van der Waals surface area contributed by atoms with Gasteiger partial charge in [0.15, 0.2) is 17.5 Å². The van der Waals surface area contributed by atoms with Crippen LogP contribution in [0.15, 0.2) is 197 Å². The molecule has 0 fully saturated rings. The molecule has 0 bridgehead atoms. The van der Waals surface area contributed by atoms with Gasteiger partial charge in [0.1, 0.15) is 22.3 Å². The van der Waals surface area contributed by atoms with Crippen LogP contribution in [0.5, 0.6) is 0 Å². The highest BCUT2D eigenvalue weighted by molar-refractivity contribution is 6.13. The number of nitrogens with zero attached hydrogens (tertiary/aromatic N) is 3. The first-order valence-electron chi connectivity index (χ1n) is 18.7. The smallest absolute Gasteiger partial charge is 0.164 e. The first kappa shape index (κ1) is 31.9. The van der Waals surface area contributed by atoms with E-state index in [0.717, 1.165) is 93.9 Å². The summed E-state index contributed by atoms with van der Waals surface area (Å²) in [6.45, 7) is 0. The van der Waals surface area contributed by atoms with Gasteiger partial charge < -0.3 is 8.83 Å². The third kappa shape index (κ3) is 5.53. The first-order chi connectivity index (χ1) is 27.7. The molecular formula is C51H31N3O2. The normalized spacial score (nSPS) is 11.6. The standard InChI is InChI=1S/C51H31N3O2/c1-3-10-32(11-4-1)33-20-24-37(25-21-33)50-52-49(36-12-5-2-6-13-36)53-51(54-50)39-26-28-42-47(31-39)56-46-17-9-15-40(48(42)46)35-22-18-34(19-23-35)38-27-29-45-43(30-38)41-14-7-8-16-44(41)55-45/h1-31H. The van der Waals surface area contributed by atoms with Gasteiger partial charge in [-0.2, -0.15) is 0 Å². The maximum Gasteiger partial charge on any atom is 0.164 e. The molecule has 0 saturated heterocycles. The van der Waals surface area contributed by atoms with Gasteiger partial charge in [-0.05, 0) is 69.8 Å². The molecule has 0 amide bonds. The summed E-state index contributed by atoms with van der Waals surface area (Å²) in [4.78, 5) is 14.9. The van der Waals surface area contributed by atoms with Gasteiger partial charge in [0, 0.05) is 38.2 Å². The Hall–Kier alpha value is -7.63. The lowest BCUT2D eigenvalue weighted by Gasteiger charge is -2.09. The van der Waals surface area contributed by atoms with E-state index >= 15 is 0 Å². The number of furan rings is 2. The minimum Gasteiger partial charge on any atom is -0.456 e. The van der Waals surface area contributed by atoms with Crippen molar-refractivity contribution in [3.63, 3.8) is 0 Å². The summed E-state index contributed by atoms with van der Waals surface area (Å²) >= 11 is 0. The molecule has 0 saturated carbocycles. The molecule has 56 heavy (non-hydrogen) atoms. The van der Waals surface area contributed by atoms with Crippen molar-refractivity contribution in [1.29, 1.82) is 0 Å². The molecule has 3 aromatic heterocycles. The van der Waals surface area contributed by atoms with E-state index in [-0.39, 0.29) is 0 Å². The van der Waals surface area contributed by atoms with E-state index in [1.165, 1.54) is 0 Å². The van der Waals surface area contributed by atoms with E-state index in [2.05, 4.69) is 127 Å². The summed E-state index contributed by atoms with van der Waals surface area (Å²) < 4.78 is 12.6. The number of hydrogen-bond acceptors (Lipinski definition) is 5. The Morgan fingerprint density at radius 2 is 0.768 bits per heavy atom. The lowest BCUT2D eigenvalue weighted by atomic mass is 9.96. The predicted octanol–water partition coefficient (Wildman–Crippen LogP) is 13.7. The Morgan fingerprint density at radius 1 is 0.268 bits per heavy atom. The summed E-state index contributed by atoms with van der Waals surface area (Å²) in [6, 6.07) is 64.7. The van der Waals surface area contributed by atoms with Crippen LogP contribution in [0, 0.1) is 0 Å². The number of aromatic nitrogens is 3. The zero-order valence-corrected chi connectivity index (χ0v) is 30.1. The predicted molar refractivity (Wildman–Crippen MR) is 227 cm³/mol. The molecule has 0 aliphatic carbocycles. The second kappa shape index (κ2) is 13.0. The lowest BCUT2D eigenvalue weighted by Crippen LogP contribution is -2.00. The number of hydrogen-bond donors (Lipinski definition) is 0. The van der Waals surface area contributed by atoms with Crippen LogP contribution >= 0.6 is 0 Å². The Morgan fingerprint density at radius 3 is 1.52 bits per heavy atom. The molecule has 11 aromatic rings. The summed E-state index contributed by atoms with van der Waals surface area (Å²) in [5, 5.41) is 4.37. The molecule has 262 valence electrons. The summed E-state index contributed by atoms with van der Waals surface area (Å²) in [6.07, 6.45) is 0. The van der Waals surface area contributed by atoms with Crippen LogP contribution < -0.4 is 0 Å². The molecule has 0 aliphatic heterocycles. The topological polar surface area (TPSA) is 65.0 Å². The quantitative estimate of drug-likeness (QED) is 0.171. The van der Waals surface area contributed by atoms with Crippen molar-refractivity contribution >= 4 is 43.9 Å². The largest absolute Gasteiger partial charge is 0.456 e. The van der Waals surface area contributed by atoms with E-state index < -0.39 is 0 Å². The van der Waals surface area contributed by atoms with E-state index in [1.807, 2.05) is 60.7 Å². The van der Waals surface area contributed by atoms with Crippen molar-refractivity contribution in [2.75, 3.05) is 0 Å². The van der Waals surface area contributed by atoms with Crippen molar-refractivity contribution in [3.8, 4) is 67.5 Å². The third-order valence-electron chi connectivity index (χ3n) is 10.6. The zero-order valence-electron chi connectivity index (χ0n) is 30.1. The average molecular weight is 718 g/mol. The fraction of sp³-hybridized carbons (Fsp3) is 0. The molecule has 0 aliphatic rings. The molecule has 8 aromatic carbocycles. The molecule has 5 nitrogen and oxygen atoms in total. The van der Waals surface area contributed by atoms with E-state index in [9.17, 15) is 0 Å². The fourth-order valence-corrected chi connectivity index (χ4v) is 7.75. The molecule has 0 unspecified atom stereocenters. The van der Waals surface area contributed by atoms with Crippen LogP contribution in [-0.2, 0) is 0 Å². The number of benzene rings is 8. The van der Waals surface area contributed by atoms with Crippen molar-refractivity contribution < 1.29 is 8.83 Å². The molecule has 0 N–H and O–H groups in total. The fourth-order valence-electron chi connectivity index (χ4n) is 7.75.